The predicted molar refractivity (Wildman–Crippen MR) is 149 cm³/mol. The minimum absolute atomic E-state index is 0.113. The van der Waals surface area contributed by atoms with Crippen molar-refractivity contribution < 1.29 is 19.4 Å². The molecule has 0 saturated heterocycles. The molecule has 0 unspecified atom stereocenters. The molecular weight excluding hydrogens is 478 g/mol. The van der Waals surface area contributed by atoms with Crippen molar-refractivity contribution in [2.24, 2.45) is 0 Å². The van der Waals surface area contributed by atoms with Gasteiger partial charge in [-0.05, 0) is 74.6 Å². The third kappa shape index (κ3) is 5.72. The summed E-state index contributed by atoms with van der Waals surface area (Å²) in [6, 6.07) is 19.4. The van der Waals surface area contributed by atoms with Gasteiger partial charge >= 0.3 is 5.97 Å². The Morgan fingerprint density at radius 2 is 1.68 bits per heavy atom. The standard InChI is InChI=1S/C31H35N3O4/c1-18(2)23-9-7-10-24(15-23)20(4)32-30(35)25-13-14-28-27(16-25)19(3)21(5)34(28)17-26-11-8-12-29(33-26)38-22(6)31(36)37/h7-16,18,20,22H,17H2,1-6H3,(H,32,35)(H,36,37)/t20-,22-/m0/s1. The maximum atomic E-state index is 13.2. The van der Waals surface area contributed by atoms with Crippen molar-refractivity contribution in [1.82, 2.24) is 14.9 Å². The number of nitrogens with one attached hydrogen (secondary N) is 1. The molecule has 0 bridgehead atoms. The number of amides is 1. The Balaban J connectivity index is 1.56. The van der Waals surface area contributed by atoms with Crippen LogP contribution in [0, 0.1) is 13.8 Å². The van der Waals surface area contributed by atoms with Gasteiger partial charge in [0, 0.05) is 28.2 Å². The molecule has 0 fully saturated rings. The van der Waals surface area contributed by atoms with Gasteiger partial charge in [-0.15, -0.1) is 0 Å². The number of ether oxygens (including phenoxy) is 1. The number of aliphatic carboxylic acids is 1. The number of aromatic nitrogens is 2. The highest BCUT2D eigenvalue weighted by atomic mass is 16.5. The van der Waals surface area contributed by atoms with Crippen LogP contribution in [0.4, 0.5) is 0 Å². The Morgan fingerprint density at radius 1 is 0.974 bits per heavy atom. The van der Waals surface area contributed by atoms with Gasteiger partial charge in [-0.1, -0.05) is 44.2 Å². The zero-order valence-electron chi connectivity index (χ0n) is 22.8. The van der Waals surface area contributed by atoms with Gasteiger partial charge in [0.15, 0.2) is 6.10 Å². The van der Waals surface area contributed by atoms with E-state index >= 15 is 0 Å². The molecule has 0 saturated carbocycles. The lowest BCUT2D eigenvalue weighted by molar-refractivity contribution is -0.144. The average Bonchev–Trinajstić information content (AvgIpc) is 3.13. The number of hydrogen-bond donors (Lipinski definition) is 2. The average molecular weight is 514 g/mol. The number of nitrogens with zero attached hydrogens (tertiary/aromatic N) is 2. The van der Waals surface area contributed by atoms with E-state index in [0.29, 0.717) is 18.0 Å². The van der Waals surface area contributed by atoms with Crippen molar-refractivity contribution in [3.05, 3.63) is 94.3 Å². The molecule has 2 atom stereocenters. The fourth-order valence-corrected chi connectivity index (χ4v) is 4.55. The molecule has 4 rings (SSSR count). The highest BCUT2D eigenvalue weighted by Crippen LogP contribution is 2.28. The fourth-order valence-electron chi connectivity index (χ4n) is 4.55. The molecule has 2 aromatic heterocycles. The molecule has 0 aliphatic carbocycles. The molecule has 38 heavy (non-hydrogen) atoms. The highest BCUT2D eigenvalue weighted by Gasteiger charge is 2.18. The largest absolute Gasteiger partial charge is 0.479 e. The fraction of sp³-hybridized carbons (Fsp3) is 0.323. The Labute approximate surface area is 223 Å². The van der Waals surface area contributed by atoms with E-state index in [1.165, 1.54) is 12.5 Å². The molecular formula is C31H35N3O4. The zero-order valence-corrected chi connectivity index (χ0v) is 22.8. The molecule has 4 aromatic rings. The summed E-state index contributed by atoms with van der Waals surface area (Å²) >= 11 is 0. The van der Waals surface area contributed by atoms with Crippen molar-refractivity contribution in [1.29, 1.82) is 0 Å². The van der Waals surface area contributed by atoms with Crippen LogP contribution in [0.25, 0.3) is 10.9 Å². The first-order valence-corrected chi connectivity index (χ1v) is 12.9. The number of carbonyl (C=O) groups is 2. The van der Waals surface area contributed by atoms with E-state index in [2.05, 4.69) is 47.8 Å². The number of carboxylic acids is 1. The van der Waals surface area contributed by atoms with Crippen molar-refractivity contribution in [3.8, 4) is 5.88 Å². The van der Waals surface area contributed by atoms with Crippen molar-refractivity contribution in [3.63, 3.8) is 0 Å². The first-order chi connectivity index (χ1) is 18.0. The lowest BCUT2D eigenvalue weighted by atomic mass is 9.98. The van der Waals surface area contributed by atoms with Crippen molar-refractivity contribution in [2.75, 3.05) is 0 Å². The highest BCUT2D eigenvalue weighted by molar-refractivity contribution is 5.99. The maximum Gasteiger partial charge on any atom is 0.344 e. The van der Waals surface area contributed by atoms with Crippen LogP contribution in [0.15, 0.2) is 60.7 Å². The summed E-state index contributed by atoms with van der Waals surface area (Å²) in [7, 11) is 0. The van der Waals surface area contributed by atoms with Gasteiger partial charge in [-0.2, -0.15) is 0 Å². The van der Waals surface area contributed by atoms with E-state index in [-0.39, 0.29) is 17.8 Å². The molecule has 7 nitrogen and oxygen atoms in total. The normalized spacial score (nSPS) is 12.9. The van der Waals surface area contributed by atoms with Crippen molar-refractivity contribution >= 4 is 22.8 Å². The number of benzene rings is 2. The maximum absolute atomic E-state index is 13.2. The van der Waals surface area contributed by atoms with E-state index in [0.717, 1.165) is 33.4 Å². The molecule has 0 spiro atoms. The third-order valence-electron chi connectivity index (χ3n) is 7.07. The molecule has 2 aromatic carbocycles. The van der Waals surface area contributed by atoms with Gasteiger partial charge in [-0.3, -0.25) is 4.79 Å². The van der Waals surface area contributed by atoms with Gasteiger partial charge < -0.3 is 19.7 Å². The second kappa shape index (κ2) is 11.1. The number of carboxylic acid groups (broad SMARTS) is 1. The number of hydrogen-bond acceptors (Lipinski definition) is 4. The monoisotopic (exact) mass is 513 g/mol. The molecule has 0 radical (unpaired) electrons. The van der Waals surface area contributed by atoms with E-state index in [4.69, 9.17) is 9.84 Å². The Bertz CT molecular complexity index is 1490. The van der Waals surface area contributed by atoms with Crippen LogP contribution in [0.2, 0.25) is 0 Å². The quantitative estimate of drug-likeness (QED) is 0.279. The third-order valence-corrected chi connectivity index (χ3v) is 7.07. The number of pyridine rings is 1. The summed E-state index contributed by atoms with van der Waals surface area (Å²) in [6.07, 6.45) is -0.986. The number of fused-ring (bicyclic) bond motifs is 1. The minimum atomic E-state index is -1.04. The summed E-state index contributed by atoms with van der Waals surface area (Å²) in [5.74, 6) is -0.458. The van der Waals surface area contributed by atoms with Gasteiger partial charge in [0.1, 0.15) is 0 Å². The van der Waals surface area contributed by atoms with Crippen LogP contribution in [-0.4, -0.2) is 32.6 Å². The number of rotatable bonds is 9. The molecule has 2 heterocycles. The Kier molecular flexibility index (Phi) is 7.86. The zero-order chi connectivity index (χ0) is 27.6. The topological polar surface area (TPSA) is 93.4 Å². The summed E-state index contributed by atoms with van der Waals surface area (Å²) < 4.78 is 7.59. The number of aryl methyl sites for hydroxylation is 1. The van der Waals surface area contributed by atoms with Crippen LogP contribution in [0.1, 0.15) is 78.1 Å². The smallest absolute Gasteiger partial charge is 0.344 e. The van der Waals surface area contributed by atoms with Crippen molar-refractivity contribution in [2.45, 2.75) is 66.2 Å². The van der Waals surface area contributed by atoms with Crippen LogP contribution in [-0.2, 0) is 11.3 Å². The molecule has 198 valence electrons. The summed E-state index contributed by atoms with van der Waals surface area (Å²) in [5.41, 5.74) is 6.87. The Morgan fingerprint density at radius 3 is 2.39 bits per heavy atom. The van der Waals surface area contributed by atoms with E-state index in [9.17, 15) is 9.59 Å². The number of carbonyl (C=O) groups excluding carboxylic acids is 1. The van der Waals surface area contributed by atoms with E-state index in [1.54, 1.807) is 12.1 Å². The lowest BCUT2D eigenvalue weighted by Crippen LogP contribution is -2.26. The first kappa shape index (κ1) is 26.9. The molecule has 7 heteroatoms. The van der Waals surface area contributed by atoms with E-state index in [1.807, 2.05) is 50.2 Å². The van der Waals surface area contributed by atoms with Gasteiger partial charge in [-0.25, -0.2) is 9.78 Å². The first-order valence-electron chi connectivity index (χ1n) is 12.9. The second-order valence-electron chi connectivity index (χ2n) is 10.1. The van der Waals surface area contributed by atoms with E-state index < -0.39 is 12.1 Å². The van der Waals surface area contributed by atoms with Crippen LogP contribution in [0.3, 0.4) is 0 Å². The van der Waals surface area contributed by atoms with Crippen LogP contribution < -0.4 is 10.1 Å². The molecule has 2 N–H and O–H groups in total. The summed E-state index contributed by atoms with van der Waals surface area (Å²) in [5, 5.41) is 13.3. The van der Waals surface area contributed by atoms with Gasteiger partial charge in [0.2, 0.25) is 5.88 Å². The van der Waals surface area contributed by atoms with Crippen LogP contribution in [0.5, 0.6) is 5.88 Å². The predicted octanol–water partition coefficient (Wildman–Crippen LogP) is 6.17. The molecule has 0 aliphatic rings. The van der Waals surface area contributed by atoms with Gasteiger partial charge in [0.05, 0.1) is 18.3 Å². The minimum Gasteiger partial charge on any atom is -0.479 e. The molecule has 1 amide bonds. The van der Waals surface area contributed by atoms with Gasteiger partial charge in [0.25, 0.3) is 5.91 Å². The molecule has 0 aliphatic heterocycles. The van der Waals surface area contributed by atoms with Crippen LogP contribution >= 0.6 is 0 Å². The summed E-state index contributed by atoms with van der Waals surface area (Å²) in [4.78, 5) is 28.8. The summed E-state index contributed by atoms with van der Waals surface area (Å²) in [6.45, 7) is 12.4. The SMILES string of the molecule is Cc1c(C)n(Cc2cccc(O[C@@H](C)C(=O)O)n2)c2ccc(C(=O)N[C@@H](C)c3cccc(C(C)C)c3)cc12. The lowest BCUT2D eigenvalue weighted by Gasteiger charge is -2.16. The Hall–Kier alpha value is -4.13. The second-order valence-corrected chi connectivity index (χ2v) is 10.1.